The number of carbonyl (C=O) groups is 2. The normalized spacial score (nSPS) is 17.2. The van der Waals surface area contributed by atoms with Crippen molar-refractivity contribution >= 4 is 52.1 Å². The first-order chi connectivity index (χ1) is 18.8. The minimum Gasteiger partial charge on any atom is -0.467 e. The lowest BCUT2D eigenvalue weighted by Gasteiger charge is -2.35. The van der Waals surface area contributed by atoms with Crippen molar-refractivity contribution < 1.29 is 18.7 Å². The number of hydrogen-bond donors (Lipinski definition) is 0. The van der Waals surface area contributed by atoms with Crippen molar-refractivity contribution in [2.45, 2.75) is 59.5 Å². The molecular weight excluding hydrogens is 536 g/mol. The molecule has 0 aliphatic carbocycles. The summed E-state index contributed by atoms with van der Waals surface area (Å²) in [5.74, 6) is 0.643. The molecule has 11 heteroatoms. The standard InChI is InChI=1S/C28H32N4O5S2/c1-4-6-11-31-24(30-12-9-19(10-13-30)27(35)36-5-2)21(18(3)22(16-29)25(31)33)15-23-26(34)32(28(38)39-23)17-20-8-7-14-37-20/h7-8,14-15,19H,4-6,9-13,17H2,1-3H3. The first-order valence-electron chi connectivity index (χ1n) is 13.2. The van der Waals surface area contributed by atoms with Crippen molar-refractivity contribution in [3.05, 3.63) is 56.1 Å². The maximum Gasteiger partial charge on any atom is 0.309 e. The van der Waals surface area contributed by atoms with Crippen molar-refractivity contribution in [3.8, 4) is 6.07 Å². The highest BCUT2D eigenvalue weighted by Gasteiger charge is 2.35. The lowest BCUT2D eigenvalue weighted by molar-refractivity contribution is -0.148. The number of pyridine rings is 1. The van der Waals surface area contributed by atoms with E-state index in [1.54, 1.807) is 42.9 Å². The summed E-state index contributed by atoms with van der Waals surface area (Å²) in [4.78, 5) is 43.2. The van der Waals surface area contributed by atoms with E-state index in [0.29, 0.717) is 71.0 Å². The zero-order valence-corrected chi connectivity index (χ0v) is 24.0. The van der Waals surface area contributed by atoms with Gasteiger partial charge >= 0.3 is 5.97 Å². The largest absolute Gasteiger partial charge is 0.467 e. The summed E-state index contributed by atoms with van der Waals surface area (Å²) in [5, 5.41) is 9.90. The van der Waals surface area contributed by atoms with E-state index in [1.165, 1.54) is 16.7 Å². The summed E-state index contributed by atoms with van der Waals surface area (Å²) >= 11 is 6.70. The molecule has 0 spiro atoms. The molecule has 2 saturated heterocycles. The van der Waals surface area contributed by atoms with Gasteiger partial charge in [0.1, 0.15) is 27.5 Å². The van der Waals surface area contributed by atoms with E-state index in [4.69, 9.17) is 21.4 Å². The van der Waals surface area contributed by atoms with Crippen LogP contribution in [-0.2, 0) is 27.4 Å². The van der Waals surface area contributed by atoms with E-state index in [-0.39, 0.29) is 35.5 Å². The maximum atomic E-state index is 13.5. The predicted molar refractivity (Wildman–Crippen MR) is 154 cm³/mol. The van der Waals surface area contributed by atoms with Gasteiger partial charge in [0.05, 0.1) is 30.2 Å². The number of amides is 1. The SMILES string of the molecule is CCCCn1c(N2CCC(C(=O)OCC)CC2)c(C=C2SC(=S)N(Cc3ccco3)C2=O)c(C)c(C#N)c1=O. The lowest BCUT2D eigenvalue weighted by atomic mass is 9.95. The Morgan fingerprint density at radius 2 is 2.05 bits per heavy atom. The number of thioether (sulfide) groups is 1. The van der Waals surface area contributed by atoms with Gasteiger partial charge in [0, 0.05) is 25.2 Å². The summed E-state index contributed by atoms with van der Waals surface area (Å²) in [6, 6.07) is 5.63. The Morgan fingerprint density at radius 3 is 2.67 bits per heavy atom. The van der Waals surface area contributed by atoms with Crippen LogP contribution in [0.5, 0.6) is 0 Å². The molecule has 2 fully saturated rings. The Bertz CT molecular complexity index is 1380. The third kappa shape index (κ3) is 5.97. The summed E-state index contributed by atoms with van der Waals surface area (Å²) in [5.41, 5.74) is 0.895. The zero-order chi connectivity index (χ0) is 28.1. The number of nitriles is 1. The van der Waals surface area contributed by atoms with Crippen LogP contribution in [0.4, 0.5) is 5.82 Å². The molecule has 0 N–H and O–H groups in total. The number of unbranched alkanes of at least 4 members (excludes halogenated alkanes) is 1. The number of furan rings is 1. The van der Waals surface area contributed by atoms with Crippen LogP contribution in [0.3, 0.4) is 0 Å². The molecule has 2 aromatic heterocycles. The fourth-order valence-electron chi connectivity index (χ4n) is 4.92. The molecule has 1 amide bonds. The second-order valence-electron chi connectivity index (χ2n) is 9.52. The molecular formula is C28H32N4O5S2. The van der Waals surface area contributed by atoms with E-state index in [2.05, 4.69) is 11.0 Å². The summed E-state index contributed by atoms with van der Waals surface area (Å²) in [6.07, 6.45) is 6.10. The quantitative estimate of drug-likeness (QED) is 0.243. The highest BCUT2D eigenvalue weighted by molar-refractivity contribution is 8.26. The second-order valence-corrected chi connectivity index (χ2v) is 11.2. The third-order valence-corrected chi connectivity index (χ3v) is 8.42. The molecule has 4 heterocycles. The molecule has 0 aromatic carbocycles. The van der Waals surface area contributed by atoms with Crippen LogP contribution in [0.1, 0.15) is 62.0 Å². The molecule has 2 aliphatic rings. The summed E-state index contributed by atoms with van der Waals surface area (Å²) in [6.45, 7) is 7.67. The van der Waals surface area contributed by atoms with E-state index >= 15 is 0 Å². The van der Waals surface area contributed by atoms with Gasteiger partial charge in [-0.1, -0.05) is 37.3 Å². The van der Waals surface area contributed by atoms with Gasteiger partial charge in [0.15, 0.2) is 0 Å². The van der Waals surface area contributed by atoms with Crippen LogP contribution < -0.4 is 10.5 Å². The number of nitrogens with zero attached hydrogens (tertiary/aromatic N) is 4. The number of hydrogen-bond acceptors (Lipinski definition) is 9. The average Bonchev–Trinajstić information content (AvgIpc) is 3.54. The van der Waals surface area contributed by atoms with E-state index in [9.17, 15) is 19.6 Å². The zero-order valence-electron chi connectivity index (χ0n) is 22.4. The highest BCUT2D eigenvalue weighted by atomic mass is 32.2. The maximum absolute atomic E-state index is 13.5. The van der Waals surface area contributed by atoms with Gasteiger partial charge in [0.2, 0.25) is 0 Å². The minimum atomic E-state index is -0.339. The number of anilines is 1. The molecule has 39 heavy (non-hydrogen) atoms. The number of thiocarbonyl (C=S) groups is 1. The molecule has 4 rings (SSSR count). The van der Waals surface area contributed by atoms with E-state index < -0.39 is 0 Å². The van der Waals surface area contributed by atoms with E-state index in [1.807, 2.05) is 6.92 Å². The van der Waals surface area contributed by atoms with Gasteiger partial charge < -0.3 is 14.1 Å². The Labute approximate surface area is 237 Å². The van der Waals surface area contributed by atoms with E-state index in [0.717, 1.165) is 12.8 Å². The van der Waals surface area contributed by atoms with Crippen molar-refractivity contribution in [2.24, 2.45) is 5.92 Å². The third-order valence-electron chi connectivity index (χ3n) is 7.04. The number of ether oxygens (including phenoxy) is 1. The molecule has 2 aromatic rings. The van der Waals surface area contributed by atoms with Gasteiger partial charge in [-0.3, -0.25) is 23.9 Å². The Morgan fingerprint density at radius 1 is 1.31 bits per heavy atom. The van der Waals surface area contributed by atoms with Crippen molar-refractivity contribution in [3.63, 3.8) is 0 Å². The van der Waals surface area contributed by atoms with Crippen LogP contribution in [-0.4, -0.2) is 45.4 Å². The summed E-state index contributed by atoms with van der Waals surface area (Å²) < 4.78 is 12.7. The molecule has 0 bridgehead atoms. The number of aromatic nitrogens is 1. The van der Waals surface area contributed by atoms with Crippen LogP contribution in [0.15, 0.2) is 32.5 Å². The monoisotopic (exact) mass is 568 g/mol. The minimum absolute atomic E-state index is 0.0635. The first-order valence-corrected chi connectivity index (χ1v) is 14.4. The Balaban J connectivity index is 1.77. The Hall–Kier alpha value is -3.36. The van der Waals surface area contributed by atoms with Crippen LogP contribution in [0.25, 0.3) is 6.08 Å². The second kappa shape index (κ2) is 12.7. The van der Waals surface area contributed by atoms with Crippen molar-refractivity contribution in [2.75, 3.05) is 24.6 Å². The predicted octanol–water partition coefficient (Wildman–Crippen LogP) is 4.60. The van der Waals surface area contributed by atoms with Crippen LogP contribution in [0, 0.1) is 24.2 Å². The van der Waals surface area contributed by atoms with Crippen LogP contribution in [0.2, 0.25) is 0 Å². The fourth-order valence-corrected chi connectivity index (χ4v) is 6.16. The highest BCUT2D eigenvalue weighted by Crippen LogP contribution is 2.37. The van der Waals surface area contributed by atoms with Gasteiger partial charge in [-0.25, -0.2) is 0 Å². The number of carbonyl (C=O) groups excluding carboxylic acids is 2. The molecule has 2 aliphatic heterocycles. The Kier molecular flexibility index (Phi) is 9.30. The van der Waals surface area contributed by atoms with Gasteiger partial charge in [0.25, 0.3) is 11.5 Å². The topological polar surface area (TPSA) is 109 Å². The number of esters is 1. The lowest BCUT2D eigenvalue weighted by Crippen LogP contribution is -2.41. The fraction of sp³-hybridized carbons (Fsp3) is 0.464. The summed E-state index contributed by atoms with van der Waals surface area (Å²) in [7, 11) is 0. The van der Waals surface area contributed by atoms with Gasteiger partial charge in [-0.15, -0.1) is 0 Å². The van der Waals surface area contributed by atoms with Gasteiger partial charge in [-0.05, 0) is 56.9 Å². The van der Waals surface area contributed by atoms with Crippen molar-refractivity contribution in [1.29, 1.82) is 5.26 Å². The van der Waals surface area contributed by atoms with Crippen molar-refractivity contribution in [1.82, 2.24) is 9.47 Å². The molecule has 0 unspecified atom stereocenters. The molecule has 0 radical (unpaired) electrons. The average molecular weight is 569 g/mol. The smallest absolute Gasteiger partial charge is 0.309 e. The first kappa shape index (κ1) is 28.6. The molecule has 206 valence electrons. The number of piperidine rings is 1. The molecule has 0 saturated carbocycles. The molecule has 9 nitrogen and oxygen atoms in total. The van der Waals surface area contributed by atoms with Gasteiger partial charge in [-0.2, -0.15) is 5.26 Å². The number of rotatable bonds is 9. The van der Waals surface area contributed by atoms with Crippen LogP contribution >= 0.6 is 24.0 Å². The molecule has 0 atom stereocenters.